The Bertz CT molecular complexity index is 943. The molecule has 3 aromatic rings. The van der Waals surface area contributed by atoms with Gasteiger partial charge in [0.1, 0.15) is 0 Å². The maximum Gasteiger partial charge on any atom is 0.308 e. The number of aromatic nitrogens is 3. The summed E-state index contributed by atoms with van der Waals surface area (Å²) in [6.45, 7) is 0.0681. The summed E-state index contributed by atoms with van der Waals surface area (Å²) in [5, 5.41) is 22.2. The highest BCUT2D eigenvalue weighted by Crippen LogP contribution is 2.21. The van der Waals surface area contributed by atoms with Gasteiger partial charge in [-0.25, -0.2) is 0 Å². The van der Waals surface area contributed by atoms with Crippen LogP contribution in [0.25, 0.3) is 11.1 Å². The molecule has 0 aliphatic rings. The van der Waals surface area contributed by atoms with Gasteiger partial charge in [0.15, 0.2) is 5.69 Å². The number of hydrogen-bond acceptors (Lipinski definition) is 5. The minimum atomic E-state index is -0.961. The number of rotatable bonds is 10. The van der Waals surface area contributed by atoms with E-state index in [2.05, 4.69) is 20.7 Å². The van der Waals surface area contributed by atoms with Crippen LogP contribution in [0, 0.1) is 5.92 Å². The molecule has 0 fully saturated rings. The Morgan fingerprint density at radius 3 is 2.40 bits per heavy atom. The molecule has 0 radical (unpaired) electrons. The second-order valence-electron chi connectivity index (χ2n) is 7.02. The van der Waals surface area contributed by atoms with E-state index in [0.717, 1.165) is 16.7 Å². The monoisotopic (exact) mass is 408 g/mol. The molecule has 8 heteroatoms. The first-order valence-corrected chi connectivity index (χ1v) is 9.59. The van der Waals surface area contributed by atoms with E-state index < -0.39 is 23.8 Å². The van der Waals surface area contributed by atoms with Crippen molar-refractivity contribution >= 4 is 11.9 Å². The smallest absolute Gasteiger partial charge is 0.308 e. The molecule has 3 rings (SSSR count). The average Bonchev–Trinajstić information content (AvgIpc) is 3.29. The number of methoxy groups -OCH3 is 1. The molecule has 156 valence electrons. The lowest BCUT2D eigenvalue weighted by Gasteiger charge is -2.22. The summed E-state index contributed by atoms with van der Waals surface area (Å²) in [6.07, 6.45) is 2.03. The Kier molecular flexibility index (Phi) is 7.29. The summed E-state index contributed by atoms with van der Waals surface area (Å²) < 4.78 is 5.04. The third-order valence-corrected chi connectivity index (χ3v) is 4.81. The standard InChI is InChI=1S/C22H24N4O4/c1-30-14-18(22(28)29)12-19(24-21(27)20-13-23-26-25-20)11-15-7-9-17(10-8-15)16-5-3-2-4-6-16/h2-10,13,18-19H,11-12,14H2,1H3,(H,24,27)(H,28,29)(H,23,25,26)/t18-,19+/m0/s1. The molecular formula is C22H24N4O4. The molecule has 0 aliphatic carbocycles. The minimum absolute atomic E-state index is 0.0681. The molecule has 1 amide bonds. The van der Waals surface area contributed by atoms with Crippen molar-refractivity contribution in [2.24, 2.45) is 5.92 Å². The number of carboxylic acids is 1. The average molecular weight is 408 g/mol. The first kappa shape index (κ1) is 21.2. The topological polar surface area (TPSA) is 117 Å². The van der Waals surface area contributed by atoms with E-state index in [1.807, 2.05) is 54.6 Å². The number of amides is 1. The predicted molar refractivity (Wildman–Crippen MR) is 111 cm³/mol. The van der Waals surface area contributed by atoms with Crippen molar-refractivity contribution in [3.05, 3.63) is 72.1 Å². The van der Waals surface area contributed by atoms with E-state index >= 15 is 0 Å². The summed E-state index contributed by atoms with van der Waals surface area (Å²) in [4.78, 5) is 24.0. The largest absolute Gasteiger partial charge is 0.481 e. The van der Waals surface area contributed by atoms with Crippen LogP contribution in [-0.2, 0) is 16.0 Å². The van der Waals surface area contributed by atoms with Gasteiger partial charge in [0, 0.05) is 13.2 Å². The lowest BCUT2D eigenvalue weighted by Crippen LogP contribution is -2.40. The molecule has 2 aromatic carbocycles. The Labute approximate surface area is 174 Å². The van der Waals surface area contributed by atoms with Crippen molar-refractivity contribution in [1.29, 1.82) is 0 Å². The lowest BCUT2D eigenvalue weighted by atomic mass is 9.94. The number of carbonyl (C=O) groups is 2. The second kappa shape index (κ2) is 10.3. The predicted octanol–water partition coefficient (Wildman–Crippen LogP) is 2.55. The van der Waals surface area contributed by atoms with Crippen LogP contribution in [0.1, 0.15) is 22.5 Å². The van der Waals surface area contributed by atoms with Crippen molar-refractivity contribution in [2.75, 3.05) is 13.7 Å². The fourth-order valence-corrected chi connectivity index (χ4v) is 3.30. The molecule has 2 atom stereocenters. The highest BCUT2D eigenvalue weighted by atomic mass is 16.5. The van der Waals surface area contributed by atoms with Crippen LogP contribution in [0.15, 0.2) is 60.8 Å². The summed E-state index contributed by atoms with van der Waals surface area (Å²) in [6, 6.07) is 17.6. The van der Waals surface area contributed by atoms with E-state index in [0.29, 0.717) is 6.42 Å². The third kappa shape index (κ3) is 5.74. The molecule has 0 saturated carbocycles. The number of hydrogen-bond donors (Lipinski definition) is 3. The van der Waals surface area contributed by atoms with Gasteiger partial charge >= 0.3 is 5.97 Å². The van der Waals surface area contributed by atoms with Gasteiger partial charge in [-0.3, -0.25) is 9.59 Å². The number of aromatic amines is 1. The number of ether oxygens (including phenoxy) is 1. The number of carboxylic acid groups (broad SMARTS) is 1. The van der Waals surface area contributed by atoms with Crippen molar-refractivity contribution in [1.82, 2.24) is 20.7 Å². The number of nitrogens with one attached hydrogen (secondary N) is 2. The van der Waals surface area contributed by atoms with Gasteiger partial charge in [0.05, 0.1) is 18.7 Å². The van der Waals surface area contributed by atoms with E-state index in [-0.39, 0.29) is 18.7 Å². The Balaban J connectivity index is 1.75. The zero-order chi connectivity index (χ0) is 21.3. The molecule has 8 nitrogen and oxygen atoms in total. The van der Waals surface area contributed by atoms with Gasteiger partial charge in [0.2, 0.25) is 0 Å². The molecule has 0 spiro atoms. The second-order valence-corrected chi connectivity index (χ2v) is 7.02. The fraction of sp³-hybridized carbons (Fsp3) is 0.273. The van der Waals surface area contributed by atoms with E-state index in [1.165, 1.54) is 13.3 Å². The minimum Gasteiger partial charge on any atom is -0.481 e. The van der Waals surface area contributed by atoms with Crippen LogP contribution in [0.5, 0.6) is 0 Å². The van der Waals surface area contributed by atoms with Crippen LogP contribution in [0.3, 0.4) is 0 Å². The quantitative estimate of drug-likeness (QED) is 0.475. The van der Waals surface area contributed by atoms with Gasteiger partial charge in [-0.15, -0.1) is 0 Å². The van der Waals surface area contributed by atoms with Gasteiger partial charge in [0.25, 0.3) is 5.91 Å². The maximum atomic E-state index is 12.4. The zero-order valence-corrected chi connectivity index (χ0v) is 16.6. The molecule has 0 unspecified atom stereocenters. The highest BCUT2D eigenvalue weighted by molar-refractivity contribution is 5.92. The summed E-state index contributed by atoms with van der Waals surface area (Å²) in [5.41, 5.74) is 3.34. The van der Waals surface area contributed by atoms with Gasteiger partial charge in [-0.05, 0) is 29.5 Å². The third-order valence-electron chi connectivity index (χ3n) is 4.81. The van der Waals surface area contributed by atoms with Crippen LogP contribution in [-0.4, -0.2) is 52.2 Å². The van der Waals surface area contributed by atoms with Crippen LogP contribution in [0.4, 0.5) is 0 Å². The van der Waals surface area contributed by atoms with Gasteiger partial charge < -0.3 is 15.2 Å². The number of carbonyl (C=O) groups excluding carboxylic acids is 1. The Morgan fingerprint density at radius 2 is 1.80 bits per heavy atom. The van der Waals surface area contributed by atoms with Gasteiger partial charge in [-0.1, -0.05) is 54.6 Å². The number of benzene rings is 2. The number of aliphatic carboxylic acids is 1. The number of nitrogens with zero attached hydrogens (tertiary/aromatic N) is 2. The lowest BCUT2D eigenvalue weighted by molar-refractivity contribution is -0.144. The van der Waals surface area contributed by atoms with Crippen molar-refractivity contribution in [3.8, 4) is 11.1 Å². The molecule has 1 aromatic heterocycles. The molecule has 30 heavy (non-hydrogen) atoms. The Morgan fingerprint density at radius 1 is 1.10 bits per heavy atom. The van der Waals surface area contributed by atoms with Crippen molar-refractivity contribution in [2.45, 2.75) is 18.9 Å². The summed E-state index contributed by atoms with van der Waals surface area (Å²) in [7, 11) is 1.46. The number of H-pyrrole nitrogens is 1. The molecule has 1 heterocycles. The first-order valence-electron chi connectivity index (χ1n) is 9.59. The molecule has 0 saturated heterocycles. The normalized spacial score (nSPS) is 12.8. The molecule has 3 N–H and O–H groups in total. The highest BCUT2D eigenvalue weighted by Gasteiger charge is 2.25. The molecule has 0 bridgehead atoms. The summed E-state index contributed by atoms with van der Waals surface area (Å²) in [5.74, 6) is -2.10. The van der Waals surface area contributed by atoms with E-state index in [9.17, 15) is 14.7 Å². The first-order chi connectivity index (χ1) is 14.6. The van der Waals surface area contributed by atoms with Crippen molar-refractivity contribution in [3.63, 3.8) is 0 Å². The molecular weight excluding hydrogens is 384 g/mol. The van der Waals surface area contributed by atoms with Gasteiger partial charge in [-0.2, -0.15) is 15.4 Å². The van der Waals surface area contributed by atoms with Crippen LogP contribution >= 0.6 is 0 Å². The van der Waals surface area contributed by atoms with Crippen molar-refractivity contribution < 1.29 is 19.4 Å². The maximum absolute atomic E-state index is 12.4. The van der Waals surface area contributed by atoms with E-state index in [4.69, 9.17) is 4.74 Å². The van der Waals surface area contributed by atoms with E-state index in [1.54, 1.807) is 0 Å². The van der Waals surface area contributed by atoms with Crippen LogP contribution in [0.2, 0.25) is 0 Å². The zero-order valence-electron chi connectivity index (χ0n) is 16.6. The van der Waals surface area contributed by atoms with Crippen LogP contribution < -0.4 is 5.32 Å². The fourth-order valence-electron chi connectivity index (χ4n) is 3.30. The Hall–Kier alpha value is -3.52. The SMILES string of the molecule is COC[C@H](C[C@@H](Cc1ccc(-c2ccccc2)cc1)NC(=O)c1cn[nH]n1)C(=O)O. The summed E-state index contributed by atoms with van der Waals surface area (Å²) >= 11 is 0. The molecule has 0 aliphatic heterocycles.